The van der Waals surface area contributed by atoms with Crippen LogP contribution in [0.3, 0.4) is 0 Å². The maximum atomic E-state index is 12.3. The standard InChI is InChI=1S/C17H26N2O5S/c1-3-23-15-7-5-6-8-16(15)24-13-17(20)19-11-9-14(10-12-19)18-25(21,22)4-2/h5-8,14,18H,3-4,9-13H2,1-2H3. The molecule has 0 aromatic heterocycles. The van der Waals surface area contributed by atoms with Gasteiger partial charge in [0.2, 0.25) is 10.0 Å². The quantitative estimate of drug-likeness (QED) is 0.748. The summed E-state index contributed by atoms with van der Waals surface area (Å²) in [5.74, 6) is 1.12. The van der Waals surface area contributed by atoms with Crippen LogP contribution in [-0.4, -0.2) is 57.3 Å². The number of carbonyl (C=O) groups excluding carboxylic acids is 1. The van der Waals surface area contributed by atoms with Crippen molar-refractivity contribution >= 4 is 15.9 Å². The molecule has 0 aliphatic carbocycles. The molecular weight excluding hydrogens is 344 g/mol. The fraction of sp³-hybridized carbons (Fsp3) is 0.588. The molecule has 7 nitrogen and oxygen atoms in total. The van der Waals surface area contributed by atoms with Gasteiger partial charge in [-0.25, -0.2) is 13.1 Å². The van der Waals surface area contributed by atoms with Gasteiger partial charge in [-0.2, -0.15) is 0 Å². The van der Waals surface area contributed by atoms with Crippen molar-refractivity contribution in [3.05, 3.63) is 24.3 Å². The van der Waals surface area contributed by atoms with Crippen molar-refractivity contribution in [3.8, 4) is 11.5 Å². The molecule has 0 spiro atoms. The lowest BCUT2D eigenvalue weighted by Gasteiger charge is -2.32. The zero-order chi connectivity index (χ0) is 18.3. The van der Waals surface area contributed by atoms with Gasteiger partial charge in [0.1, 0.15) is 0 Å². The summed E-state index contributed by atoms with van der Waals surface area (Å²) in [6.07, 6.45) is 1.22. The summed E-state index contributed by atoms with van der Waals surface area (Å²) >= 11 is 0. The number of nitrogens with one attached hydrogen (secondary N) is 1. The predicted octanol–water partition coefficient (Wildman–Crippen LogP) is 1.39. The molecule has 0 radical (unpaired) electrons. The summed E-state index contributed by atoms with van der Waals surface area (Å²) in [4.78, 5) is 14.0. The summed E-state index contributed by atoms with van der Waals surface area (Å²) in [6.45, 7) is 5.00. The number of carbonyl (C=O) groups is 1. The Balaban J connectivity index is 1.81. The van der Waals surface area contributed by atoms with Gasteiger partial charge in [0.05, 0.1) is 12.4 Å². The molecule has 2 rings (SSSR count). The summed E-state index contributed by atoms with van der Waals surface area (Å²) in [5.41, 5.74) is 0. The third kappa shape index (κ3) is 5.89. The fourth-order valence-electron chi connectivity index (χ4n) is 2.66. The van der Waals surface area contributed by atoms with Crippen LogP contribution in [-0.2, 0) is 14.8 Å². The smallest absolute Gasteiger partial charge is 0.260 e. The van der Waals surface area contributed by atoms with Gasteiger partial charge in [-0.3, -0.25) is 4.79 Å². The predicted molar refractivity (Wildman–Crippen MR) is 95.3 cm³/mol. The molecule has 8 heteroatoms. The van der Waals surface area contributed by atoms with E-state index >= 15 is 0 Å². The number of hydrogen-bond donors (Lipinski definition) is 1. The second-order valence-corrected chi connectivity index (χ2v) is 7.89. The summed E-state index contributed by atoms with van der Waals surface area (Å²) in [6, 6.07) is 7.14. The molecule has 0 atom stereocenters. The lowest BCUT2D eigenvalue weighted by Crippen LogP contribution is -2.47. The third-order valence-corrected chi connectivity index (χ3v) is 5.53. The Kier molecular flexibility index (Phi) is 7.07. The minimum absolute atomic E-state index is 0.0601. The number of nitrogens with zero attached hydrogens (tertiary/aromatic N) is 1. The van der Waals surface area contributed by atoms with Gasteiger partial charge >= 0.3 is 0 Å². The molecule has 140 valence electrons. The highest BCUT2D eigenvalue weighted by Gasteiger charge is 2.25. The van der Waals surface area contributed by atoms with E-state index in [-0.39, 0.29) is 24.3 Å². The van der Waals surface area contributed by atoms with E-state index in [1.165, 1.54) is 0 Å². The molecule has 1 aromatic carbocycles. The molecule has 0 saturated carbocycles. The minimum atomic E-state index is -3.21. The van der Waals surface area contributed by atoms with Crippen molar-refractivity contribution in [2.24, 2.45) is 0 Å². The van der Waals surface area contributed by atoms with E-state index in [1.54, 1.807) is 24.0 Å². The average Bonchev–Trinajstić information content (AvgIpc) is 2.61. The summed E-state index contributed by atoms with van der Waals surface area (Å²) in [5, 5.41) is 0. The van der Waals surface area contributed by atoms with Crippen molar-refractivity contribution in [3.63, 3.8) is 0 Å². The molecule has 1 aromatic rings. The van der Waals surface area contributed by atoms with Gasteiger partial charge in [0, 0.05) is 19.1 Å². The first-order valence-corrected chi connectivity index (χ1v) is 10.2. The normalized spacial score (nSPS) is 15.8. The number of piperidine rings is 1. The minimum Gasteiger partial charge on any atom is -0.490 e. The Morgan fingerprint density at radius 2 is 1.76 bits per heavy atom. The topological polar surface area (TPSA) is 84.9 Å². The van der Waals surface area contributed by atoms with E-state index in [4.69, 9.17) is 9.47 Å². The van der Waals surface area contributed by atoms with Crippen LogP contribution in [0.5, 0.6) is 11.5 Å². The molecule has 1 aliphatic heterocycles. The fourth-order valence-corrected chi connectivity index (χ4v) is 3.57. The van der Waals surface area contributed by atoms with Gasteiger partial charge in [-0.1, -0.05) is 12.1 Å². The molecular formula is C17H26N2O5S. The number of para-hydroxylation sites is 2. The van der Waals surface area contributed by atoms with Crippen LogP contribution in [0, 0.1) is 0 Å². The number of likely N-dealkylation sites (tertiary alicyclic amines) is 1. The maximum absolute atomic E-state index is 12.3. The van der Waals surface area contributed by atoms with E-state index in [0.29, 0.717) is 44.0 Å². The Morgan fingerprint density at radius 1 is 1.16 bits per heavy atom. The molecule has 1 N–H and O–H groups in total. The lowest BCUT2D eigenvalue weighted by molar-refractivity contribution is -0.134. The largest absolute Gasteiger partial charge is 0.490 e. The van der Waals surface area contributed by atoms with Crippen LogP contribution in [0.25, 0.3) is 0 Å². The summed E-state index contributed by atoms with van der Waals surface area (Å²) in [7, 11) is -3.21. The highest BCUT2D eigenvalue weighted by atomic mass is 32.2. The Bertz CT molecular complexity index is 669. The van der Waals surface area contributed by atoms with Crippen LogP contribution in [0.15, 0.2) is 24.3 Å². The number of sulfonamides is 1. The van der Waals surface area contributed by atoms with E-state index in [0.717, 1.165) is 0 Å². The first-order valence-electron chi connectivity index (χ1n) is 8.57. The van der Waals surface area contributed by atoms with Crippen molar-refractivity contribution < 1.29 is 22.7 Å². The molecule has 0 bridgehead atoms. The highest BCUT2D eigenvalue weighted by Crippen LogP contribution is 2.26. The molecule has 1 heterocycles. The number of amides is 1. The van der Waals surface area contributed by atoms with Crippen molar-refractivity contribution in [2.75, 3.05) is 32.1 Å². The second kappa shape index (κ2) is 9.05. The van der Waals surface area contributed by atoms with E-state index in [2.05, 4.69) is 4.72 Å². The van der Waals surface area contributed by atoms with Gasteiger partial charge in [0.15, 0.2) is 18.1 Å². The van der Waals surface area contributed by atoms with Gasteiger partial charge in [0.25, 0.3) is 5.91 Å². The van der Waals surface area contributed by atoms with Gasteiger partial charge < -0.3 is 14.4 Å². The average molecular weight is 370 g/mol. The molecule has 1 amide bonds. The van der Waals surface area contributed by atoms with E-state index in [9.17, 15) is 13.2 Å². The van der Waals surface area contributed by atoms with Crippen molar-refractivity contribution in [1.29, 1.82) is 0 Å². The zero-order valence-electron chi connectivity index (χ0n) is 14.7. The number of hydrogen-bond acceptors (Lipinski definition) is 5. The molecule has 1 fully saturated rings. The highest BCUT2D eigenvalue weighted by molar-refractivity contribution is 7.89. The Morgan fingerprint density at radius 3 is 2.32 bits per heavy atom. The van der Waals surface area contributed by atoms with Gasteiger partial charge in [-0.05, 0) is 38.8 Å². The molecule has 1 aliphatic rings. The van der Waals surface area contributed by atoms with Crippen LogP contribution in [0.1, 0.15) is 26.7 Å². The van der Waals surface area contributed by atoms with Crippen LogP contribution >= 0.6 is 0 Å². The molecule has 0 unspecified atom stereocenters. The van der Waals surface area contributed by atoms with Crippen LogP contribution < -0.4 is 14.2 Å². The monoisotopic (exact) mass is 370 g/mol. The Hall–Kier alpha value is -1.80. The maximum Gasteiger partial charge on any atom is 0.260 e. The van der Waals surface area contributed by atoms with Crippen molar-refractivity contribution in [2.45, 2.75) is 32.7 Å². The van der Waals surface area contributed by atoms with Gasteiger partial charge in [-0.15, -0.1) is 0 Å². The third-order valence-electron chi connectivity index (χ3n) is 4.07. The van der Waals surface area contributed by atoms with E-state index < -0.39 is 10.0 Å². The SMILES string of the molecule is CCOc1ccccc1OCC(=O)N1CCC(NS(=O)(=O)CC)CC1. The Labute approximate surface area is 149 Å². The summed E-state index contributed by atoms with van der Waals surface area (Å²) < 4.78 is 37.0. The molecule has 25 heavy (non-hydrogen) atoms. The van der Waals surface area contributed by atoms with E-state index in [1.807, 2.05) is 19.1 Å². The molecule has 1 saturated heterocycles. The second-order valence-electron chi connectivity index (χ2n) is 5.84. The zero-order valence-corrected chi connectivity index (χ0v) is 15.5. The lowest BCUT2D eigenvalue weighted by atomic mass is 10.1. The number of benzene rings is 1. The van der Waals surface area contributed by atoms with Crippen LogP contribution in [0.4, 0.5) is 0 Å². The van der Waals surface area contributed by atoms with Crippen LogP contribution in [0.2, 0.25) is 0 Å². The first kappa shape index (κ1) is 19.5. The number of ether oxygens (including phenoxy) is 2. The number of rotatable bonds is 8. The van der Waals surface area contributed by atoms with Crippen molar-refractivity contribution in [1.82, 2.24) is 9.62 Å². The first-order chi connectivity index (χ1) is 11.9.